The molecule has 1 aromatic heterocycles. The van der Waals surface area contributed by atoms with E-state index in [0.717, 1.165) is 6.26 Å². The first-order valence-corrected chi connectivity index (χ1v) is 7.17. The summed E-state index contributed by atoms with van der Waals surface area (Å²) < 4.78 is 22.6. The summed E-state index contributed by atoms with van der Waals surface area (Å²) in [5, 5.41) is 11.5. The van der Waals surface area contributed by atoms with Crippen LogP contribution in [0.4, 0.5) is 11.6 Å². The SMILES string of the molecule is CS(=O)(=O)c1ccc(Nc2ncc(C#N)cn2)cc1. The molecule has 2 aromatic rings. The molecule has 7 heteroatoms. The summed E-state index contributed by atoms with van der Waals surface area (Å²) in [7, 11) is -3.20. The molecule has 0 spiro atoms. The smallest absolute Gasteiger partial charge is 0.227 e. The fourth-order valence-electron chi connectivity index (χ4n) is 1.36. The summed E-state index contributed by atoms with van der Waals surface area (Å²) in [6, 6.07) is 8.17. The zero-order valence-electron chi connectivity index (χ0n) is 10.0. The Bertz CT molecular complexity index is 716. The van der Waals surface area contributed by atoms with E-state index < -0.39 is 9.84 Å². The average molecular weight is 274 g/mol. The molecule has 0 radical (unpaired) electrons. The van der Waals surface area contributed by atoms with Gasteiger partial charge < -0.3 is 5.32 Å². The summed E-state index contributed by atoms with van der Waals surface area (Å²) >= 11 is 0. The van der Waals surface area contributed by atoms with Gasteiger partial charge in [0.1, 0.15) is 6.07 Å². The van der Waals surface area contributed by atoms with Crippen molar-refractivity contribution >= 4 is 21.5 Å². The molecule has 0 unspecified atom stereocenters. The van der Waals surface area contributed by atoms with Crippen molar-refractivity contribution in [3.8, 4) is 6.07 Å². The van der Waals surface area contributed by atoms with Crippen LogP contribution < -0.4 is 5.32 Å². The van der Waals surface area contributed by atoms with Crippen LogP contribution in [-0.2, 0) is 9.84 Å². The zero-order valence-corrected chi connectivity index (χ0v) is 10.8. The van der Waals surface area contributed by atoms with Gasteiger partial charge in [0.15, 0.2) is 9.84 Å². The zero-order chi connectivity index (χ0) is 13.9. The molecule has 0 aliphatic carbocycles. The molecular formula is C12H10N4O2S. The lowest BCUT2D eigenvalue weighted by Crippen LogP contribution is -1.99. The summed E-state index contributed by atoms with van der Waals surface area (Å²) in [4.78, 5) is 8.15. The second-order valence-electron chi connectivity index (χ2n) is 3.83. The lowest BCUT2D eigenvalue weighted by Gasteiger charge is -2.05. The van der Waals surface area contributed by atoms with Gasteiger partial charge in [-0.15, -0.1) is 0 Å². The minimum atomic E-state index is -3.20. The predicted molar refractivity (Wildman–Crippen MR) is 69.6 cm³/mol. The Kier molecular flexibility index (Phi) is 3.44. The number of hydrogen-bond donors (Lipinski definition) is 1. The first-order chi connectivity index (χ1) is 8.99. The maximum atomic E-state index is 11.3. The number of nitrogens with one attached hydrogen (secondary N) is 1. The van der Waals surface area contributed by atoms with Gasteiger partial charge in [-0.2, -0.15) is 5.26 Å². The Labute approximate surface area is 110 Å². The van der Waals surface area contributed by atoms with Gasteiger partial charge in [0.25, 0.3) is 0 Å². The maximum Gasteiger partial charge on any atom is 0.227 e. The molecule has 0 aliphatic heterocycles. The van der Waals surface area contributed by atoms with Crippen molar-refractivity contribution in [2.75, 3.05) is 11.6 Å². The van der Waals surface area contributed by atoms with Crippen molar-refractivity contribution in [2.24, 2.45) is 0 Å². The van der Waals surface area contributed by atoms with Crippen LogP contribution >= 0.6 is 0 Å². The number of rotatable bonds is 3. The number of nitriles is 1. The Morgan fingerprint density at radius 2 is 1.74 bits per heavy atom. The van der Waals surface area contributed by atoms with Gasteiger partial charge in [-0.3, -0.25) is 0 Å². The van der Waals surface area contributed by atoms with Gasteiger partial charge in [0.05, 0.1) is 22.9 Å². The van der Waals surface area contributed by atoms with Gasteiger partial charge in [0.2, 0.25) is 5.95 Å². The molecule has 96 valence electrons. The normalized spacial score (nSPS) is 10.7. The third-order valence-electron chi connectivity index (χ3n) is 2.32. The summed E-state index contributed by atoms with van der Waals surface area (Å²) in [6.45, 7) is 0. The van der Waals surface area contributed by atoms with Gasteiger partial charge >= 0.3 is 0 Å². The molecule has 0 saturated heterocycles. The second-order valence-corrected chi connectivity index (χ2v) is 5.84. The topological polar surface area (TPSA) is 95.7 Å². The van der Waals surface area contributed by atoms with Crippen molar-refractivity contribution in [3.63, 3.8) is 0 Å². The highest BCUT2D eigenvalue weighted by Gasteiger charge is 2.06. The third kappa shape index (κ3) is 3.26. The van der Waals surface area contributed by atoms with E-state index in [2.05, 4.69) is 15.3 Å². The van der Waals surface area contributed by atoms with Crippen LogP contribution in [-0.4, -0.2) is 24.6 Å². The highest BCUT2D eigenvalue weighted by Crippen LogP contribution is 2.16. The third-order valence-corrected chi connectivity index (χ3v) is 3.45. The highest BCUT2D eigenvalue weighted by molar-refractivity contribution is 7.90. The number of hydrogen-bond acceptors (Lipinski definition) is 6. The minimum Gasteiger partial charge on any atom is -0.324 e. The summed E-state index contributed by atoms with van der Waals surface area (Å²) in [6.07, 6.45) is 3.96. The number of sulfone groups is 1. The second kappa shape index (κ2) is 5.04. The van der Waals surface area contributed by atoms with E-state index in [1.807, 2.05) is 6.07 Å². The molecule has 0 amide bonds. The quantitative estimate of drug-likeness (QED) is 0.911. The van der Waals surface area contributed by atoms with Gasteiger partial charge in [-0.1, -0.05) is 0 Å². The molecule has 6 nitrogen and oxygen atoms in total. The Morgan fingerprint density at radius 1 is 1.16 bits per heavy atom. The predicted octanol–water partition coefficient (Wildman–Crippen LogP) is 1.50. The van der Waals surface area contributed by atoms with Crippen LogP contribution in [0.15, 0.2) is 41.6 Å². The molecule has 1 aromatic carbocycles. The van der Waals surface area contributed by atoms with E-state index in [0.29, 0.717) is 17.2 Å². The molecule has 0 bridgehead atoms. The average Bonchev–Trinajstić information content (AvgIpc) is 2.39. The van der Waals surface area contributed by atoms with E-state index in [1.54, 1.807) is 12.1 Å². The van der Waals surface area contributed by atoms with E-state index in [4.69, 9.17) is 5.26 Å². The maximum absolute atomic E-state index is 11.3. The molecule has 0 fully saturated rings. The van der Waals surface area contributed by atoms with Crippen molar-refractivity contribution in [1.82, 2.24) is 9.97 Å². The fraction of sp³-hybridized carbons (Fsp3) is 0.0833. The Balaban J connectivity index is 2.17. The number of aromatic nitrogens is 2. The lowest BCUT2D eigenvalue weighted by atomic mass is 10.3. The summed E-state index contributed by atoms with van der Waals surface area (Å²) in [5.74, 6) is 0.339. The molecule has 0 aliphatic rings. The fourth-order valence-corrected chi connectivity index (χ4v) is 2.00. The van der Waals surface area contributed by atoms with Crippen LogP contribution in [0.3, 0.4) is 0 Å². The molecule has 1 heterocycles. The molecule has 0 saturated carbocycles. The molecule has 1 N–H and O–H groups in total. The van der Waals surface area contributed by atoms with Crippen LogP contribution in [0.25, 0.3) is 0 Å². The van der Waals surface area contributed by atoms with Crippen molar-refractivity contribution in [2.45, 2.75) is 4.90 Å². The first-order valence-electron chi connectivity index (χ1n) is 5.28. The van der Waals surface area contributed by atoms with Crippen LogP contribution in [0.5, 0.6) is 0 Å². The van der Waals surface area contributed by atoms with E-state index in [9.17, 15) is 8.42 Å². The largest absolute Gasteiger partial charge is 0.324 e. The lowest BCUT2D eigenvalue weighted by molar-refractivity contribution is 0.602. The van der Waals surface area contributed by atoms with E-state index in [-0.39, 0.29) is 4.90 Å². The van der Waals surface area contributed by atoms with Crippen LogP contribution in [0.2, 0.25) is 0 Å². The van der Waals surface area contributed by atoms with E-state index in [1.165, 1.54) is 24.5 Å². The number of nitrogens with zero attached hydrogens (tertiary/aromatic N) is 3. The molecule has 2 rings (SSSR count). The molecule has 19 heavy (non-hydrogen) atoms. The number of benzene rings is 1. The minimum absolute atomic E-state index is 0.249. The van der Waals surface area contributed by atoms with Crippen molar-refractivity contribution < 1.29 is 8.42 Å². The Morgan fingerprint density at radius 3 is 2.21 bits per heavy atom. The van der Waals surface area contributed by atoms with Gasteiger partial charge in [-0.05, 0) is 24.3 Å². The molecular weight excluding hydrogens is 264 g/mol. The summed E-state index contributed by atoms with van der Waals surface area (Å²) in [5.41, 5.74) is 1.04. The van der Waals surface area contributed by atoms with Gasteiger partial charge in [0, 0.05) is 11.9 Å². The van der Waals surface area contributed by atoms with Crippen LogP contribution in [0, 0.1) is 11.3 Å². The standard InChI is InChI=1S/C12H10N4O2S/c1-19(17,18)11-4-2-10(3-5-11)16-12-14-7-9(6-13)8-15-12/h2-5,7-8H,1H3,(H,14,15,16). The first kappa shape index (κ1) is 13.0. The van der Waals surface area contributed by atoms with Crippen molar-refractivity contribution in [1.29, 1.82) is 5.26 Å². The number of anilines is 2. The van der Waals surface area contributed by atoms with E-state index >= 15 is 0 Å². The molecule has 0 atom stereocenters. The van der Waals surface area contributed by atoms with Crippen molar-refractivity contribution in [3.05, 3.63) is 42.2 Å². The van der Waals surface area contributed by atoms with Crippen LogP contribution in [0.1, 0.15) is 5.56 Å². The Hall–Kier alpha value is -2.46. The van der Waals surface area contributed by atoms with Gasteiger partial charge in [-0.25, -0.2) is 18.4 Å². The highest BCUT2D eigenvalue weighted by atomic mass is 32.2. The monoisotopic (exact) mass is 274 g/mol.